The lowest BCUT2D eigenvalue weighted by atomic mass is 10.2. The summed E-state index contributed by atoms with van der Waals surface area (Å²) < 4.78 is 3.21. The Balaban J connectivity index is 1.05. The molecule has 49 heavy (non-hydrogen) atoms. The maximum absolute atomic E-state index is 12.8. The number of nitrogens with zero attached hydrogens (tertiary/aromatic N) is 5. The molecule has 4 rings (SSSR count). The van der Waals surface area contributed by atoms with Crippen molar-refractivity contribution in [3.05, 3.63) is 108 Å². The molecule has 4 N–H and O–H groups in total. The second kappa shape index (κ2) is 19.3. The number of amides is 2. The number of hydrogen-bond donors (Lipinski definition) is 4. The summed E-state index contributed by atoms with van der Waals surface area (Å²) in [5.74, 6) is 0.668. The molecule has 0 aliphatic carbocycles. The van der Waals surface area contributed by atoms with Gasteiger partial charge in [-0.3, -0.25) is 9.59 Å². The zero-order valence-electron chi connectivity index (χ0n) is 28.6. The van der Waals surface area contributed by atoms with Crippen molar-refractivity contribution >= 4 is 67.7 Å². The van der Waals surface area contributed by atoms with E-state index in [4.69, 9.17) is 0 Å². The maximum Gasteiger partial charge on any atom is 0.254 e. The Kier molecular flexibility index (Phi) is 14.6. The SMILES string of the molecule is CN(CNSSCCCNC(=O)c1ccc(NCNc2ccc(N(C)C)cc2)cc1)C(=O)c1ccc(N=Nc2ccc(N(C)C)cc2)cc1. The monoisotopic (exact) mass is 699 g/mol. The summed E-state index contributed by atoms with van der Waals surface area (Å²) in [5, 5.41) is 18.2. The van der Waals surface area contributed by atoms with Crippen molar-refractivity contribution in [3.8, 4) is 0 Å². The first kappa shape index (κ1) is 37.1. The quantitative estimate of drug-likeness (QED) is 0.0276. The Morgan fingerprint density at radius 1 is 0.653 bits per heavy atom. The Labute approximate surface area is 297 Å². The van der Waals surface area contributed by atoms with Gasteiger partial charge >= 0.3 is 0 Å². The summed E-state index contributed by atoms with van der Waals surface area (Å²) in [4.78, 5) is 31.1. The van der Waals surface area contributed by atoms with Gasteiger partial charge in [-0.15, -0.1) is 0 Å². The van der Waals surface area contributed by atoms with Crippen LogP contribution in [0.4, 0.5) is 34.1 Å². The number of benzene rings is 4. The van der Waals surface area contributed by atoms with Crippen LogP contribution in [0.25, 0.3) is 0 Å². The van der Waals surface area contributed by atoms with Gasteiger partial charge < -0.3 is 30.7 Å². The van der Waals surface area contributed by atoms with Crippen molar-refractivity contribution in [2.75, 3.05) is 81.3 Å². The van der Waals surface area contributed by atoms with Crippen LogP contribution < -0.4 is 30.5 Å². The molecule has 0 spiro atoms. The van der Waals surface area contributed by atoms with Gasteiger partial charge in [-0.2, -0.15) is 10.2 Å². The predicted octanol–water partition coefficient (Wildman–Crippen LogP) is 7.45. The summed E-state index contributed by atoms with van der Waals surface area (Å²) in [5.41, 5.74) is 6.85. The highest BCUT2D eigenvalue weighted by Crippen LogP contribution is 2.22. The van der Waals surface area contributed by atoms with Crippen LogP contribution in [-0.4, -0.2) is 77.6 Å². The third-order valence-electron chi connectivity index (χ3n) is 7.33. The molecular formula is C36H45N9O2S2. The molecular weight excluding hydrogens is 655 g/mol. The van der Waals surface area contributed by atoms with Crippen molar-refractivity contribution in [1.82, 2.24) is 14.9 Å². The number of hydrogen-bond acceptors (Lipinski definition) is 11. The van der Waals surface area contributed by atoms with Crippen molar-refractivity contribution < 1.29 is 9.59 Å². The molecule has 258 valence electrons. The summed E-state index contributed by atoms with van der Waals surface area (Å²) in [6, 6.07) is 30.6. The number of carbonyl (C=O) groups is 2. The van der Waals surface area contributed by atoms with Crippen molar-refractivity contribution in [2.24, 2.45) is 10.2 Å². The van der Waals surface area contributed by atoms with Crippen molar-refractivity contribution in [3.63, 3.8) is 0 Å². The highest BCUT2D eigenvalue weighted by molar-refractivity contribution is 8.76. The highest BCUT2D eigenvalue weighted by Gasteiger charge is 2.11. The molecule has 11 nitrogen and oxygen atoms in total. The second-order valence-electron chi connectivity index (χ2n) is 11.5. The maximum atomic E-state index is 12.8. The average molecular weight is 700 g/mol. The number of anilines is 4. The molecule has 2 amide bonds. The fourth-order valence-electron chi connectivity index (χ4n) is 4.40. The molecule has 0 saturated carbocycles. The molecule has 0 radical (unpaired) electrons. The van der Waals surface area contributed by atoms with E-state index in [0.29, 0.717) is 36.7 Å². The van der Waals surface area contributed by atoms with Crippen LogP contribution in [0.3, 0.4) is 0 Å². The van der Waals surface area contributed by atoms with Gasteiger partial charge in [0.05, 0.1) is 24.7 Å². The Bertz CT molecular complexity index is 1630. The van der Waals surface area contributed by atoms with Crippen LogP contribution in [-0.2, 0) is 0 Å². The number of azo groups is 1. The Morgan fingerprint density at radius 3 is 1.69 bits per heavy atom. The van der Waals surface area contributed by atoms with Gasteiger partial charge in [0, 0.05) is 81.4 Å². The van der Waals surface area contributed by atoms with Gasteiger partial charge in [-0.1, -0.05) is 10.8 Å². The molecule has 0 aromatic heterocycles. The van der Waals surface area contributed by atoms with E-state index in [1.165, 1.54) is 11.0 Å². The third-order valence-corrected chi connectivity index (χ3v) is 9.36. The highest BCUT2D eigenvalue weighted by atomic mass is 33.1. The Morgan fingerprint density at radius 2 is 1.14 bits per heavy atom. The molecule has 4 aromatic rings. The van der Waals surface area contributed by atoms with Crippen molar-refractivity contribution in [1.29, 1.82) is 0 Å². The van der Waals surface area contributed by atoms with Gasteiger partial charge in [0.1, 0.15) is 0 Å². The van der Waals surface area contributed by atoms with Gasteiger partial charge in [0.2, 0.25) is 0 Å². The number of nitrogens with one attached hydrogen (secondary N) is 4. The van der Waals surface area contributed by atoms with Gasteiger partial charge in [-0.25, -0.2) is 4.72 Å². The molecule has 0 fully saturated rings. The van der Waals surface area contributed by atoms with Crippen LogP contribution in [0.2, 0.25) is 0 Å². The summed E-state index contributed by atoms with van der Waals surface area (Å²) in [6.45, 7) is 1.54. The minimum absolute atomic E-state index is 0.0879. The minimum atomic E-state index is -0.0902. The molecule has 0 atom stereocenters. The first-order valence-corrected chi connectivity index (χ1v) is 18.2. The van der Waals surface area contributed by atoms with Crippen LogP contribution in [0, 0.1) is 0 Å². The summed E-state index contributed by atoms with van der Waals surface area (Å²) in [6.07, 6.45) is 0.825. The second-order valence-corrected chi connectivity index (χ2v) is 13.8. The predicted molar refractivity (Wildman–Crippen MR) is 208 cm³/mol. The van der Waals surface area contributed by atoms with E-state index in [1.54, 1.807) is 47.0 Å². The molecule has 13 heteroatoms. The van der Waals surface area contributed by atoms with Crippen LogP contribution in [0.15, 0.2) is 107 Å². The Hall–Kier alpha value is -4.72. The first-order valence-electron chi connectivity index (χ1n) is 15.9. The molecule has 0 unspecified atom stereocenters. The van der Waals surface area contributed by atoms with Crippen LogP contribution in [0.5, 0.6) is 0 Å². The van der Waals surface area contributed by atoms with Crippen molar-refractivity contribution in [2.45, 2.75) is 6.42 Å². The lowest BCUT2D eigenvalue weighted by Crippen LogP contribution is -2.33. The fourth-order valence-corrected chi connectivity index (χ4v) is 6.09. The van der Waals surface area contributed by atoms with E-state index in [-0.39, 0.29) is 11.8 Å². The largest absolute Gasteiger partial charge is 0.378 e. The van der Waals surface area contributed by atoms with E-state index in [0.717, 1.165) is 40.6 Å². The van der Waals surface area contributed by atoms with Gasteiger partial charge in [0.25, 0.3) is 11.8 Å². The van der Waals surface area contributed by atoms with Gasteiger partial charge in [0.15, 0.2) is 0 Å². The molecule has 0 heterocycles. The van der Waals surface area contributed by atoms with E-state index < -0.39 is 0 Å². The topological polar surface area (TPSA) is 117 Å². The summed E-state index contributed by atoms with van der Waals surface area (Å²) >= 11 is 0. The van der Waals surface area contributed by atoms with E-state index in [1.807, 2.05) is 93.8 Å². The number of rotatable bonds is 18. The fraction of sp³-hybridized carbons (Fsp3) is 0.278. The van der Waals surface area contributed by atoms with E-state index in [9.17, 15) is 9.59 Å². The lowest BCUT2D eigenvalue weighted by Gasteiger charge is -2.17. The third kappa shape index (κ3) is 12.3. The van der Waals surface area contributed by atoms with Gasteiger partial charge in [-0.05, 0) is 114 Å². The molecule has 0 saturated heterocycles. The smallest absolute Gasteiger partial charge is 0.254 e. The average Bonchev–Trinajstić information content (AvgIpc) is 3.12. The molecule has 4 aromatic carbocycles. The van der Waals surface area contributed by atoms with E-state index >= 15 is 0 Å². The molecule has 0 aliphatic rings. The molecule has 0 aliphatic heterocycles. The van der Waals surface area contributed by atoms with Crippen LogP contribution in [0.1, 0.15) is 27.1 Å². The normalized spacial score (nSPS) is 10.9. The number of carbonyl (C=O) groups excluding carboxylic acids is 2. The van der Waals surface area contributed by atoms with Crippen LogP contribution >= 0.6 is 21.8 Å². The lowest BCUT2D eigenvalue weighted by molar-refractivity contribution is 0.0794. The van der Waals surface area contributed by atoms with E-state index in [2.05, 4.69) is 47.9 Å². The first-order chi connectivity index (χ1) is 23.7. The zero-order valence-corrected chi connectivity index (χ0v) is 30.3. The summed E-state index contributed by atoms with van der Waals surface area (Å²) in [7, 11) is 12.9. The zero-order chi connectivity index (χ0) is 35.0. The molecule has 0 bridgehead atoms. The standard InChI is InChI=1S/C36H45N9O2S2/c1-43(2)33-19-15-30(16-20-33)39-25-38-29-11-7-27(8-12-29)35(46)37-23-6-24-48-49-40-26-45(5)36(47)28-9-13-31(14-10-28)41-42-32-17-21-34(22-18-32)44(3)4/h7-22,38-40H,6,23-26H2,1-5H3,(H,37,46). The minimum Gasteiger partial charge on any atom is -0.378 e.